The van der Waals surface area contributed by atoms with E-state index in [0.717, 1.165) is 37.3 Å². The standard InChI is InChI=1S/C15H13FN2O6S/c1-10(15(19)20)17(12-5-2-4-11(16)8-12)25(23,24)14-7-3-6-13(9-14)18(21)22/h2-10H,1H3,(H,19,20). The zero-order valence-electron chi connectivity index (χ0n) is 12.9. The second-order valence-electron chi connectivity index (χ2n) is 5.05. The molecule has 1 unspecified atom stereocenters. The number of nitrogens with zero attached hydrogens (tertiary/aromatic N) is 2. The number of anilines is 1. The van der Waals surface area contributed by atoms with Crippen LogP contribution in [0.3, 0.4) is 0 Å². The first-order chi connectivity index (χ1) is 11.6. The number of nitro groups is 1. The summed E-state index contributed by atoms with van der Waals surface area (Å²) < 4.78 is 39.8. The van der Waals surface area contributed by atoms with Crippen molar-refractivity contribution in [2.45, 2.75) is 17.9 Å². The lowest BCUT2D eigenvalue weighted by Crippen LogP contribution is -2.43. The van der Waals surface area contributed by atoms with Crippen LogP contribution in [-0.2, 0) is 14.8 Å². The molecule has 2 rings (SSSR count). The van der Waals surface area contributed by atoms with Crippen LogP contribution in [0.4, 0.5) is 15.8 Å². The highest BCUT2D eigenvalue weighted by molar-refractivity contribution is 7.93. The number of non-ortho nitro benzene ring substituents is 1. The van der Waals surface area contributed by atoms with E-state index >= 15 is 0 Å². The van der Waals surface area contributed by atoms with Crippen LogP contribution in [0.2, 0.25) is 0 Å². The van der Waals surface area contributed by atoms with Crippen molar-refractivity contribution in [1.82, 2.24) is 0 Å². The van der Waals surface area contributed by atoms with Crippen LogP contribution in [0, 0.1) is 15.9 Å². The third-order valence-electron chi connectivity index (χ3n) is 3.36. The van der Waals surface area contributed by atoms with Gasteiger partial charge in [0.1, 0.15) is 11.9 Å². The monoisotopic (exact) mass is 368 g/mol. The Bertz CT molecular complexity index is 931. The molecule has 0 radical (unpaired) electrons. The zero-order valence-corrected chi connectivity index (χ0v) is 13.7. The van der Waals surface area contributed by atoms with Crippen molar-refractivity contribution in [2.75, 3.05) is 4.31 Å². The van der Waals surface area contributed by atoms with E-state index in [2.05, 4.69) is 0 Å². The molecule has 0 spiro atoms. The summed E-state index contributed by atoms with van der Waals surface area (Å²) in [5.41, 5.74) is -0.676. The summed E-state index contributed by atoms with van der Waals surface area (Å²) in [7, 11) is -4.49. The van der Waals surface area contributed by atoms with Gasteiger partial charge in [-0.25, -0.2) is 17.6 Å². The molecule has 2 aromatic carbocycles. The molecule has 0 fully saturated rings. The van der Waals surface area contributed by atoms with Gasteiger partial charge in [-0.15, -0.1) is 0 Å². The van der Waals surface area contributed by atoms with Gasteiger partial charge in [-0.1, -0.05) is 12.1 Å². The molecular weight excluding hydrogens is 355 g/mol. The average molecular weight is 368 g/mol. The van der Waals surface area contributed by atoms with Gasteiger partial charge in [0.15, 0.2) is 0 Å². The predicted octanol–water partition coefficient (Wildman–Crippen LogP) is 2.40. The summed E-state index contributed by atoms with van der Waals surface area (Å²) in [4.78, 5) is 21.0. The summed E-state index contributed by atoms with van der Waals surface area (Å²) in [6, 6.07) is 7.03. The molecule has 8 nitrogen and oxygen atoms in total. The largest absolute Gasteiger partial charge is 0.480 e. The van der Waals surface area contributed by atoms with Crippen molar-refractivity contribution in [1.29, 1.82) is 0 Å². The van der Waals surface area contributed by atoms with E-state index in [1.54, 1.807) is 0 Å². The molecule has 0 heterocycles. The maximum Gasteiger partial charge on any atom is 0.327 e. The number of aliphatic carboxylic acids is 1. The summed E-state index contributed by atoms with van der Waals surface area (Å²) in [5, 5.41) is 20.1. The number of halogens is 1. The highest BCUT2D eigenvalue weighted by atomic mass is 32.2. The summed E-state index contributed by atoms with van der Waals surface area (Å²) in [6.45, 7) is 1.11. The van der Waals surface area contributed by atoms with Crippen LogP contribution in [0.5, 0.6) is 0 Å². The molecule has 0 saturated carbocycles. The Morgan fingerprint density at radius 3 is 2.44 bits per heavy atom. The molecule has 0 aromatic heterocycles. The third kappa shape index (κ3) is 3.74. The third-order valence-corrected chi connectivity index (χ3v) is 5.25. The van der Waals surface area contributed by atoms with Gasteiger partial charge in [-0.2, -0.15) is 0 Å². The number of benzene rings is 2. The second kappa shape index (κ2) is 6.85. The van der Waals surface area contributed by atoms with Crippen molar-refractivity contribution >= 4 is 27.4 Å². The Morgan fingerprint density at radius 2 is 1.88 bits per heavy atom. The highest BCUT2D eigenvalue weighted by Gasteiger charge is 2.34. The normalized spacial score (nSPS) is 12.4. The maximum atomic E-state index is 13.5. The summed E-state index contributed by atoms with van der Waals surface area (Å²) in [5.74, 6) is -2.22. The lowest BCUT2D eigenvalue weighted by atomic mass is 10.2. The van der Waals surface area contributed by atoms with Crippen molar-refractivity contribution in [3.8, 4) is 0 Å². The molecule has 10 heteroatoms. The SMILES string of the molecule is CC(C(=O)O)N(c1cccc(F)c1)S(=O)(=O)c1cccc([N+](=O)[O-])c1. The van der Waals surface area contributed by atoms with Gasteiger partial charge in [0.2, 0.25) is 0 Å². The number of hydrogen-bond acceptors (Lipinski definition) is 5. The molecule has 132 valence electrons. The Balaban J connectivity index is 2.65. The smallest absolute Gasteiger partial charge is 0.327 e. The van der Waals surface area contributed by atoms with Gasteiger partial charge in [-0.3, -0.25) is 14.4 Å². The fourth-order valence-corrected chi connectivity index (χ4v) is 3.80. The van der Waals surface area contributed by atoms with E-state index in [4.69, 9.17) is 0 Å². The van der Waals surface area contributed by atoms with Crippen LogP contribution in [0.25, 0.3) is 0 Å². The van der Waals surface area contributed by atoms with Gasteiger partial charge < -0.3 is 5.11 Å². The van der Waals surface area contributed by atoms with Crippen LogP contribution >= 0.6 is 0 Å². The van der Waals surface area contributed by atoms with Crippen molar-refractivity contribution in [3.05, 3.63) is 64.5 Å². The van der Waals surface area contributed by atoms with Gasteiger partial charge in [0.05, 0.1) is 15.5 Å². The molecular formula is C15H13FN2O6S. The van der Waals surface area contributed by atoms with Gasteiger partial charge >= 0.3 is 5.97 Å². The Hall–Kier alpha value is -3.01. The highest BCUT2D eigenvalue weighted by Crippen LogP contribution is 2.28. The number of nitro benzene ring substituents is 1. The topological polar surface area (TPSA) is 118 Å². The molecule has 0 aliphatic rings. The molecule has 0 aliphatic carbocycles. The number of carboxylic acids is 1. The Labute approximate surface area is 142 Å². The van der Waals surface area contributed by atoms with E-state index in [9.17, 15) is 32.8 Å². The fraction of sp³-hybridized carbons (Fsp3) is 0.133. The van der Waals surface area contributed by atoms with E-state index in [-0.39, 0.29) is 5.69 Å². The minimum atomic E-state index is -4.49. The van der Waals surface area contributed by atoms with Crippen molar-refractivity contribution in [2.24, 2.45) is 0 Å². The number of carbonyl (C=O) groups is 1. The minimum Gasteiger partial charge on any atom is -0.480 e. The molecule has 2 aromatic rings. The van der Waals surface area contributed by atoms with E-state index in [0.29, 0.717) is 4.31 Å². The van der Waals surface area contributed by atoms with Crippen LogP contribution < -0.4 is 4.31 Å². The van der Waals surface area contributed by atoms with Crippen LogP contribution in [0.1, 0.15) is 6.92 Å². The Kier molecular flexibility index (Phi) is 5.02. The number of sulfonamides is 1. The molecule has 0 amide bonds. The molecule has 0 saturated heterocycles. The number of hydrogen-bond donors (Lipinski definition) is 1. The first kappa shape index (κ1) is 18.3. The van der Waals surface area contributed by atoms with Gasteiger partial charge in [0.25, 0.3) is 15.7 Å². The van der Waals surface area contributed by atoms with Crippen LogP contribution in [0.15, 0.2) is 53.4 Å². The molecule has 0 aliphatic heterocycles. The van der Waals surface area contributed by atoms with E-state index in [1.807, 2.05) is 0 Å². The Morgan fingerprint density at radius 1 is 1.24 bits per heavy atom. The lowest BCUT2D eigenvalue weighted by Gasteiger charge is -2.28. The summed E-state index contributed by atoms with van der Waals surface area (Å²) in [6.07, 6.45) is 0. The second-order valence-corrected chi connectivity index (χ2v) is 6.86. The number of carboxylic acid groups (broad SMARTS) is 1. The first-order valence-electron chi connectivity index (χ1n) is 6.92. The first-order valence-corrected chi connectivity index (χ1v) is 8.36. The summed E-state index contributed by atoms with van der Waals surface area (Å²) >= 11 is 0. The molecule has 0 bridgehead atoms. The van der Waals surface area contributed by atoms with Crippen LogP contribution in [-0.4, -0.2) is 30.5 Å². The van der Waals surface area contributed by atoms with Crippen molar-refractivity contribution in [3.63, 3.8) is 0 Å². The van der Waals surface area contributed by atoms with Crippen molar-refractivity contribution < 1.29 is 27.6 Å². The lowest BCUT2D eigenvalue weighted by molar-refractivity contribution is -0.385. The molecule has 25 heavy (non-hydrogen) atoms. The van der Waals surface area contributed by atoms with Gasteiger partial charge in [0, 0.05) is 12.1 Å². The molecule has 1 N–H and O–H groups in total. The minimum absolute atomic E-state index is 0.207. The number of rotatable bonds is 6. The molecule has 1 atom stereocenters. The average Bonchev–Trinajstić information content (AvgIpc) is 2.54. The van der Waals surface area contributed by atoms with Gasteiger partial charge in [-0.05, 0) is 31.2 Å². The fourth-order valence-electron chi connectivity index (χ4n) is 2.16. The zero-order chi connectivity index (χ0) is 18.8. The maximum absolute atomic E-state index is 13.5. The van der Waals surface area contributed by atoms with E-state index in [1.165, 1.54) is 18.2 Å². The predicted molar refractivity (Wildman–Crippen MR) is 86.3 cm³/mol. The quantitative estimate of drug-likeness (QED) is 0.618. The van der Waals surface area contributed by atoms with E-state index < -0.39 is 43.4 Å².